The second-order valence-electron chi connectivity index (χ2n) is 9.63. The maximum atomic E-state index is 12.5. The summed E-state index contributed by atoms with van der Waals surface area (Å²) in [5, 5.41) is 4.80. The molecule has 5 rings (SSSR count). The Morgan fingerprint density at radius 3 is 2.06 bits per heavy atom. The van der Waals surface area contributed by atoms with E-state index in [2.05, 4.69) is 66.0 Å². The molecule has 1 saturated heterocycles. The van der Waals surface area contributed by atoms with Crippen LogP contribution in [0.5, 0.6) is 0 Å². The number of carbonyl (C=O) groups excluding carboxylic acids is 1. The first-order valence-electron chi connectivity index (χ1n) is 12.1. The Hall–Kier alpha value is -2.55. The summed E-state index contributed by atoms with van der Waals surface area (Å²) in [7, 11) is 0. The van der Waals surface area contributed by atoms with Gasteiger partial charge in [-0.15, -0.1) is 0 Å². The number of amides is 1. The highest BCUT2D eigenvalue weighted by Gasteiger charge is 2.42. The van der Waals surface area contributed by atoms with Crippen LogP contribution in [0.15, 0.2) is 84.9 Å². The zero-order valence-electron chi connectivity index (χ0n) is 19.0. The van der Waals surface area contributed by atoms with Crippen LogP contribution in [-0.2, 0) is 4.79 Å². The first-order chi connectivity index (χ1) is 16.6. The van der Waals surface area contributed by atoms with Gasteiger partial charge in [0.25, 0.3) is 0 Å². The third kappa shape index (κ3) is 5.24. The molecule has 2 nitrogen and oxygen atoms in total. The third-order valence-electron chi connectivity index (χ3n) is 7.52. The smallest absolute Gasteiger partial charge is 0.220 e. The van der Waals surface area contributed by atoms with Gasteiger partial charge in [-0.3, -0.25) is 4.79 Å². The number of carbonyl (C=O) groups is 1. The molecule has 0 spiro atoms. The van der Waals surface area contributed by atoms with Crippen LogP contribution < -0.4 is 5.32 Å². The number of hydrogen-bond acceptors (Lipinski definition) is 1. The number of nitrogens with one attached hydrogen (secondary N) is 1. The normalized spacial score (nSPS) is 24.7. The molecule has 1 aliphatic carbocycles. The summed E-state index contributed by atoms with van der Waals surface area (Å²) in [6.45, 7) is 0. The van der Waals surface area contributed by atoms with E-state index in [0.29, 0.717) is 18.3 Å². The first-order valence-corrected chi connectivity index (χ1v) is 12.9. The van der Waals surface area contributed by atoms with E-state index in [1.807, 2.05) is 30.3 Å². The average molecular weight is 490 g/mol. The molecule has 34 heavy (non-hydrogen) atoms. The fraction of sp³-hybridized carbons (Fsp3) is 0.300. The Morgan fingerprint density at radius 2 is 1.44 bits per heavy atom. The van der Waals surface area contributed by atoms with E-state index < -0.39 is 0 Å². The molecule has 2 aliphatic rings. The highest BCUT2D eigenvalue weighted by Crippen LogP contribution is 2.46. The van der Waals surface area contributed by atoms with E-state index >= 15 is 0 Å². The third-order valence-corrected chi connectivity index (χ3v) is 8.03. The molecule has 3 aromatic rings. The van der Waals surface area contributed by atoms with Crippen molar-refractivity contribution < 1.29 is 4.79 Å². The Kier molecular flexibility index (Phi) is 7.08. The van der Waals surface area contributed by atoms with E-state index in [9.17, 15) is 4.79 Å². The van der Waals surface area contributed by atoms with Gasteiger partial charge in [0.05, 0.1) is 0 Å². The van der Waals surface area contributed by atoms with Crippen LogP contribution in [0.4, 0.5) is 0 Å². The second kappa shape index (κ2) is 10.4. The van der Waals surface area contributed by atoms with Gasteiger partial charge in [0.2, 0.25) is 5.91 Å². The molecule has 1 heterocycles. The van der Waals surface area contributed by atoms with Crippen molar-refractivity contribution in [3.05, 3.63) is 112 Å². The Labute approximate surface area is 212 Å². The Morgan fingerprint density at radius 1 is 0.824 bits per heavy atom. The fourth-order valence-corrected chi connectivity index (χ4v) is 6.16. The molecule has 4 atom stereocenters. The van der Waals surface area contributed by atoms with Crippen molar-refractivity contribution in [2.75, 3.05) is 0 Å². The average Bonchev–Trinajstić information content (AvgIpc) is 2.86. The predicted octanol–water partition coefficient (Wildman–Crippen LogP) is 7.76. The lowest BCUT2D eigenvalue weighted by atomic mass is 9.64. The molecule has 174 valence electrons. The van der Waals surface area contributed by atoms with Crippen LogP contribution in [0.3, 0.4) is 0 Å². The van der Waals surface area contributed by atoms with Crippen molar-refractivity contribution in [2.24, 2.45) is 17.8 Å². The monoisotopic (exact) mass is 489 g/mol. The quantitative estimate of drug-likeness (QED) is 0.389. The van der Waals surface area contributed by atoms with E-state index in [-0.39, 0.29) is 23.8 Å². The number of allylic oxidation sites excluding steroid dienone is 1. The first kappa shape index (κ1) is 23.2. The molecule has 1 amide bonds. The summed E-state index contributed by atoms with van der Waals surface area (Å²) in [5.74, 6) is 1.60. The minimum absolute atomic E-state index is 0.175. The molecule has 1 saturated carbocycles. The molecule has 0 radical (unpaired) electrons. The number of fused-ring (bicyclic) bond motifs is 1. The van der Waals surface area contributed by atoms with Crippen molar-refractivity contribution in [3.63, 3.8) is 0 Å². The molecule has 2 fully saturated rings. The molecule has 0 bridgehead atoms. The zero-order chi connectivity index (χ0) is 23.5. The molecular formula is C30H29Cl2NO. The van der Waals surface area contributed by atoms with E-state index in [4.69, 9.17) is 23.2 Å². The van der Waals surface area contributed by atoms with Crippen molar-refractivity contribution in [1.82, 2.24) is 5.32 Å². The van der Waals surface area contributed by atoms with E-state index in [0.717, 1.165) is 29.3 Å². The van der Waals surface area contributed by atoms with Crippen LogP contribution >= 0.6 is 23.2 Å². The molecule has 3 aromatic carbocycles. The summed E-state index contributed by atoms with van der Waals surface area (Å²) in [6, 6.07) is 27.2. The highest BCUT2D eigenvalue weighted by molar-refractivity contribution is 6.30. The summed E-state index contributed by atoms with van der Waals surface area (Å²) < 4.78 is 0. The number of rotatable bonds is 5. The van der Waals surface area contributed by atoms with Gasteiger partial charge in [-0.2, -0.15) is 0 Å². The van der Waals surface area contributed by atoms with Crippen molar-refractivity contribution in [2.45, 2.75) is 37.6 Å². The zero-order valence-corrected chi connectivity index (χ0v) is 20.6. The van der Waals surface area contributed by atoms with Gasteiger partial charge in [0.15, 0.2) is 0 Å². The van der Waals surface area contributed by atoms with Crippen LogP contribution in [0.25, 0.3) is 6.08 Å². The van der Waals surface area contributed by atoms with Crippen LogP contribution in [0, 0.1) is 17.8 Å². The number of halogens is 2. The van der Waals surface area contributed by atoms with E-state index in [1.165, 1.54) is 16.7 Å². The molecule has 4 unspecified atom stereocenters. The Bertz CT molecular complexity index is 1100. The maximum Gasteiger partial charge on any atom is 0.220 e. The highest BCUT2D eigenvalue weighted by atomic mass is 35.5. The lowest BCUT2D eigenvalue weighted by Crippen LogP contribution is -2.51. The minimum atomic E-state index is 0.175. The van der Waals surface area contributed by atoms with Gasteiger partial charge in [-0.1, -0.05) is 90.0 Å². The predicted molar refractivity (Wildman–Crippen MR) is 141 cm³/mol. The van der Waals surface area contributed by atoms with Crippen LogP contribution in [0.2, 0.25) is 10.0 Å². The number of piperidine rings is 1. The maximum absolute atomic E-state index is 12.5. The SMILES string of the molecule is O=C1CC(/C=C/c2ccccc2)C2CC(C(c3ccc(Cl)cc3)c3ccc(Cl)cc3)CCC2N1. The van der Waals surface area contributed by atoms with Gasteiger partial charge < -0.3 is 5.32 Å². The fourth-order valence-electron chi connectivity index (χ4n) is 5.91. The van der Waals surface area contributed by atoms with Gasteiger partial charge in [0, 0.05) is 28.4 Å². The van der Waals surface area contributed by atoms with Crippen molar-refractivity contribution >= 4 is 35.2 Å². The Balaban J connectivity index is 1.44. The standard InChI is InChI=1S/C30H29Cl2NO/c31-25-13-8-21(9-14-25)30(22-10-15-26(32)16-11-22)24-12-17-28-27(18-24)23(19-29(34)33-28)7-6-20-4-2-1-3-5-20/h1-11,13-16,23-24,27-28,30H,12,17-19H2,(H,33,34)/b7-6+. The van der Waals surface area contributed by atoms with Crippen LogP contribution in [-0.4, -0.2) is 11.9 Å². The lowest BCUT2D eigenvalue weighted by molar-refractivity contribution is -0.126. The number of benzene rings is 3. The molecular weight excluding hydrogens is 461 g/mol. The summed E-state index contributed by atoms with van der Waals surface area (Å²) in [4.78, 5) is 12.5. The topological polar surface area (TPSA) is 29.1 Å². The molecule has 1 N–H and O–H groups in total. The van der Waals surface area contributed by atoms with E-state index in [1.54, 1.807) is 0 Å². The van der Waals surface area contributed by atoms with Crippen molar-refractivity contribution in [1.29, 1.82) is 0 Å². The molecule has 4 heteroatoms. The second-order valence-corrected chi connectivity index (χ2v) is 10.5. The van der Waals surface area contributed by atoms with Gasteiger partial charge >= 0.3 is 0 Å². The summed E-state index contributed by atoms with van der Waals surface area (Å²) in [6.07, 6.45) is 8.17. The van der Waals surface area contributed by atoms with Gasteiger partial charge in [0.1, 0.15) is 0 Å². The number of hydrogen-bond donors (Lipinski definition) is 1. The van der Waals surface area contributed by atoms with Crippen molar-refractivity contribution in [3.8, 4) is 0 Å². The largest absolute Gasteiger partial charge is 0.353 e. The molecule has 1 aliphatic heterocycles. The molecule has 0 aromatic heterocycles. The minimum Gasteiger partial charge on any atom is -0.353 e. The summed E-state index contributed by atoms with van der Waals surface area (Å²) in [5.41, 5.74) is 3.75. The summed E-state index contributed by atoms with van der Waals surface area (Å²) >= 11 is 12.4. The lowest BCUT2D eigenvalue weighted by Gasteiger charge is -2.45. The van der Waals surface area contributed by atoms with Crippen LogP contribution in [0.1, 0.15) is 48.3 Å². The van der Waals surface area contributed by atoms with Gasteiger partial charge in [-0.05, 0) is 78.0 Å². The van der Waals surface area contributed by atoms with Gasteiger partial charge in [-0.25, -0.2) is 0 Å².